The highest BCUT2D eigenvalue weighted by Gasteiger charge is 2.43. The normalized spacial score (nSPS) is 25.1. The summed E-state index contributed by atoms with van der Waals surface area (Å²) in [5, 5.41) is 0. The third-order valence-electron chi connectivity index (χ3n) is 8.77. The van der Waals surface area contributed by atoms with Gasteiger partial charge in [-0.3, -0.25) is 4.79 Å². The molecule has 0 spiro atoms. The number of halogens is 2. The molecule has 4 atom stereocenters. The molecule has 0 N–H and O–H groups in total. The quantitative estimate of drug-likeness (QED) is 0.527. The van der Waals surface area contributed by atoms with Crippen LogP contribution in [-0.4, -0.2) is 73.6 Å². The van der Waals surface area contributed by atoms with E-state index in [0.717, 1.165) is 32.5 Å². The molecule has 1 saturated carbocycles. The Morgan fingerprint density at radius 2 is 1.84 bits per heavy atom. The summed E-state index contributed by atoms with van der Waals surface area (Å²) in [5.74, 6) is 0.809. The molecular weight excluding hydrogens is 486 g/mol. The zero-order chi connectivity index (χ0) is 26.6. The van der Waals surface area contributed by atoms with Crippen LogP contribution < -0.4 is 9.64 Å². The van der Waals surface area contributed by atoms with Crippen LogP contribution in [0.5, 0.6) is 5.88 Å². The molecule has 0 radical (unpaired) electrons. The topological polar surface area (TPSA) is 48.9 Å². The molecule has 3 aliphatic rings. The van der Waals surface area contributed by atoms with E-state index in [9.17, 15) is 13.6 Å². The number of rotatable bonds is 7. The third-order valence-corrected chi connectivity index (χ3v) is 8.77. The number of anilines is 1. The van der Waals surface area contributed by atoms with Gasteiger partial charge >= 0.3 is 0 Å². The highest BCUT2D eigenvalue weighted by molar-refractivity contribution is 5.80. The number of carbonyl (C=O) groups is 1. The molecule has 1 aromatic heterocycles. The van der Waals surface area contributed by atoms with Crippen LogP contribution in [0.4, 0.5) is 14.5 Å². The van der Waals surface area contributed by atoms with Gasteiger partial charge in [0.1, 0.15) is 0 Å². The number of piperazine rings is 1. The van der Waals surface area contributed by atoms with Gasteiger partial charge in [0.15, 0.2) is 11.6 Å². The molecule has 3 fully saturated rings. The van der Waals surface area contributed by atoms with Gasteiger partial charge in [-0.15, -0.1) is 0 Å². The fraction of sp³-hybridized carbons (Fsp3) is 0.600. The highest BCUT2D eigenvalue weighted by atomic mass is 19.2. The van der Waals surface area contributed by atoms with E-state index in [-0.39, 0.29) is 11.8 Å². The number of piperidine rings is 1. The van der Waals surface area contributed by atoms with E-state index in [1.807, 2.05) is 22.1 Å². The number of likely N-dealkylation sites (tertiary alicyclic amines) is 1. The van der Waals surface area contributed by atoms with E-state index < -0.39 is 11.6 Å². The van der Waals surface area contributed by atoms with Crippen LogP contribution in [-0.2, 0) is 11.2 Å². The number of nitrogens with zero attached hydrogens (tertiary/aromatic N) is 4. The lowest BCUT2D eigenvalue weighted by Crippen LogP contribution is -2.57. The second kappa shape index (κ2) is 12.0. The van der Waals surface area contributed by atoms with Gasteiger partial charge in [-0.1, -0.05) is 25.8 Å². The maximum absolute atomic E-state index is 13.9. The number of hydrogen-bond acceptors (Lipinski definition) is 5. The molecule has 1 aliphatic carbocycles. The number of hydrogen-bond donors (Lipinski definition) is 0. The van der Waals surface area contributed by atoms with Gasteiger partial charge in [0.2, 0.25) is 11.8 Å². The van der Waals surface area contributed by atoms with Crippen LogP contribution in [0.25, 0.3) is 0 Å². The Morgan fingerprint density at radius 3 is 2.55 bits per heavy atom. The van der Waals surface area contributed by atoms with E-state index in [0.29, 0.717) is 55.5 Å². The standard InChI is InChI=1S/C30H40F2N4O2/c1-21(15-22-7-10-29(38-2)33-17-22)18-34-19-23-5-3-4-6-25(23)26(20-34)30(37)36-13-11-35(12-14-36)24-8-9-27(31)28(32)16-24/h7-10,16-17,21,23,25-26H,3-6,11-15,18-20H2,1-2H3/t21-,23-,25-,26+/m1/s1. The number of aromatic nitrogens is 1. The summed E-state index contributed by atoms with van der Waals surface area (Å²) < 4.78 is 32.3. The average molecular weight is 527 g/mol. The monoisotopic (exact) mass is 526 g/mol. The predicted octanol–water partition coefficient (Wildman–Crippen LogP) is 4.63. The third kappa shape index (κ3) is 6.11. The van der Waals surface area contributed by atoms with Crippen molar-refractivity contribution < 1.29 is 18.3 Å². The number of benzene rings is 1. The van der Waals surface area contributed by atoms with Crippen LogP contribution in [0.2, 0.25) is 0 Å². The van der Waals surface area contributed by atoms with Crippen molar-refractivity contribution >= 4 is 11.6 Å². The highest BCUT2D eigenvalue weighted by Crippen LogP contribution is 2.40. The summed E-state index contributed by atoms with van der Waals surface area (Å²) in [7, 11) is 1.63. The van der Waals surface area contributed by atoms with E-state index in [2.05, 4.69) is 22.9 Å². The molecule has 0 bridgehead atoms. The lowest BCUT2D eigenvalue weighted by atomic mass is 9.69. The van der Waals surface area contributed by atoms with Gasteiger partial charge in [0.05, 0.1) is 13.0 Å². The molecule has 3 heterocycles. The predicted molar refractivity (Wildman–Crippen MR) is 144 cm³/mol. The summed E-state index contributed by atoms with van der Waals surface area (Å²) in [4.78, 5) is 24.8. The number of ether oxygens (including phenoxy) is 1. The van der Waals surface area contributed by atoms with Crippen molar-refractivity contribution in [3.8, 4) is 5.88 Å². The van der Waals surface area contributed by atoms with Crippen LogP contribution in [0, 0.1) is 35.3 Å². The maximum atomic E-state index is 13.9. The largest absolute Gasteiger partial charge is 0.481 e. The van der Waals surface area contributed by atoms with Gasteiger partial charge < -0.3 is 19.4 Å². The first-order valence-corrected chi connectivity index (χ1v) is 14.1. The van der Waals surface area contributed by atoms with Crippen molar-refractivity contribution in [3.05, 3.63) is 53.7 Å². The van der Waals surface area contributed by atoms with Crippen LogP contribution in [0.15, 0.2) is 36.5 Å². The SMILES string of the molecule is COc1ccc(C[C@@H](C)CN2C[C@H]3CCCC[C@H]3[C@@H](C(=O)N3CCN(c4ccc(F)c(F)c4)CC3)C2)cn1. The maximum Gasteiger partial charge on any atom is 0.227 e. The first-order valence-electron chi connectivity index (χ1n) is 14.1. The zero-order valence-electron chi connectivity index (χ0n) is 22.6. The molecule has 2 aromatic rings. The minimum Gasteiger partial charge on any atom is -0.481 e. The van der Waals surface area contributed by atoms with Crippen molar-refractivity contribution in [1.29, 1.82) is 0 Å². The molecule has 206 valence electrons. The molecule has 0 unspecified atom stereocenters. The summed E-state index contributed by atoms with van der Waals surface area (Å²) in [5.41, 5.74) is 1.88. The van der Waals surface area contributed by atoms with Gasteiger partial charge in [0, 0.05) is 69.8 Å². The van der Waals surface area contributed by atoms with Crippen LogP contribution in [0.3, 0.4) is 0 Å². The Bertz CT molecular complexity index is 1090. The summed E-state index contributed by atoms with van der Waals surface area (Å²) >= 11 is 0. The van der Waals surface area contributed by atoms with Crippen molar-refractivity contribution in [2.24, 2.45) is 23.7 Å². The average Bonchev–Trinajstić information content (AvgIpc) is 2.94. The van der Waals surface area contributed by atoms with Gasteiger partial charge in [-0.2, -0.15) is 0 Å². The first kappa shape index (κ1) is 26.9. The molecular formula is C30H40F2N4O2. The Labute approximate surface area is 225 Å². The van der Waals surface area contributed by atoms with E-state index in [1.165, 1.54) is 37.0 Å². The number of fused-ring (bicyclic) bond motifs is 1. The molecule has 6 nitrogen and oxygen atoms in total. The number of methoxy groups -OCH3 is 1. The van der Waals surface area contributed by atoms with Crippen LogP contribution >= 0.6 is 0 Å². The minimum atomic E-state index is -0.832. The van der Waals surface area contributed by atoms with Crippen molar-refractivity contribution in [1.82, 2.24) is 14.8 Å². The first-order chi connectivity index (χ1) is 18.4. The Kier molecular flexibility index (Phi) is 8.46. The number of carbonyl (C=O) groups excluding carboxylic acids is 1. The zero-order valence-corrected chi connectivity index (χ0v) is 22.6. The second-order valence-corrected chi connectivity index (χ2v) is 11.5. The molecule has 1 amide bonds. The summed E-state index contributed by atoms with van der Waals surface area (Å²) in [6, 6.07) is 8.04. The Morgan fingerprint density at radius 1 is 1.05 bits per heavy atom. The van der Waals surface area contributed by atoms with Gasteiger partial charge in [0.25, 0.3) is 0 Å². The number of amides is 1. The van der Waals surface area contributed by atoms with E-state index in [4.69, 9.17) is 4.74 Å². The van der Waals surface area contributed by atoms with Crippen molar-refractivity contribution in [3.63, 3.8) is 0 Å². The van der Waals surface area contributed by atoms with Gasteiger partial charge in [-0.25, -0.2) is 13.8 Å². The van der Waals surface area contributed by atoms with E-state index in [1.54, 1.807) is 13.2 Å². The molecule has 2 saturated heterocycles. The van der Waals surface area contributed by atoms with Gasteiger partial charge in [-0.05, 0) is 54.7 Å². The van der Waals surface area contributed by atoms with Crippen molar-refractivity contribution in [2.45, 2.75) is 39.0 Å². The number of pyridine rings is 1. The molecule has 5 rings (SSSR count). The second-order valence-electron chi connectivity index (χ2n) is 11.5. The fourth-order valence-corrected chi connectivity index (χ4v) is 6.88. The lowest BCUT2D eigenvalue weighted by molar-refractivity contribution is -0.142. The van der Waals surface area contributed by atoms with Crippen LogP contribution in [0.1, 0.15) is 38.2 Å². The summed E-state index contributed by atoms with van der Waals surface area (Å²) in [6.45, 7) is 7.67. The Balaban J connectivity index is 1.20. The Hall–Kier alpha value is -2.74. The molecule has 38 heavy (non-hydrogen) atoms. The van der Waals surface area contributed by atoms with Crippen molar-refractivity contribution in [2.75, 3.05) is 57.8 Å². The molecule has 2 aliphatic heterocycles. The fourth-order valence-electron chi connectivity index (χ4n) is 6.88. The van der Waals surface area contributed by atoms with E-state index >= 15 is 0 Å². The smallest absolute Gasteiger partial charge is 0.227 e. The minimum absolute atomic E-state index is 0.0405. The molecule has 1 aromatic carbocycles. The molecule has 8 heteroatoms. The lowest BCUT2D eigenvalue weighted by Gasteiger charge is -2.48. The summed E-state index contributed by atoms with van der Waals surface area (Å²) in [6.07, 6.45) is 7.69.